The molecule has 4 rings (SSSR count). The quantitative estimate of drug-likeness (QED) is 0.577. The minimum atomic E-state index is -0.467. The Kier molecular flexibility index (Phi) is 3.62. The molecule has 2 aromatic carbocycles. The molecule has 26 heavy (non-hydrogen) atoms. The van der Waals surface area contributed by atoms with E-state index in [1.165, 1.54) is 6.07 Å². The van der Waals surface area contributed by atoms with Crippen molar-refractivity contribution in [1.82, 2.24) is 19.7 Å². The molecule has 2 N–H and O–H groups in total. The summed E-state index contributed by atoms with van der Waals surface area (Å²) in [5.74, 6) is -0.0240. The third-order valence-corrected chi connectivity index (χ3v) is 4.09. The molecule has 7 heteroatoms. The van der Waals surface area contributed by atoms with Crippen molar-refractivity contribution in [2.24, 2.45) is 0 Å². The second-order valence-electron chi connectivity index (χ2n) is 5.92. The van der Waals surface area contributed by atoms with Crippen molar-refractivity contribution < 1.29 is 0 Å². The number of H-pyrrole nitrogens is 2. The van der Waals surface area contributed by atoms with Gasteiger partial charge in [0, 0.05) is 11.8 Å². The van der Waals surface area contributed by atoms with Crippen LogP contribution in [-0.2, 0) is 0 Å². The fourth-order valence-corrected chi connectivity index (χ4v) is 2.88. The van der Waals surface area contributed by atoms with Crippen LogP contribution in [0, 0.1) is 6.92 Å². The molecule has 4 aromatic rings. The number of aryl methyl sites for hydroxylation is 1. The van der Waals surface area contributed by atoms with Crippen LogP contribution < -0.4 is 16.7 Å². The third-order valence-electron chi connectivity index (χ3n) is 4.09. The molecule has 0 aliphatic heterocycles. The van der Waals surface area contributed by atoms with Crippen molar-refractivity contribution in [3.63, 3.8) is 0 Å². The Morgan fingerprint density at radius 3 is 2.38 bits per heavy atom. The number of aromatic nitrogens is 4. The first-order chi connectivity index (χ1) is 12.5. The Balaban J connectivity index is 2.02. The molecule has 0 aliphatic carbocycles. The minimum Gasteiger partial charge on any atom is -0.291 e. The molecule has 0 spiro atoms. The normalized spacial score (nSPS) is 11.0. The highest BCUT2D eigenvalue weighted by atomic mass is 16.2. The zero-order chi connectivity index (χ0) is 18.3. The number of hydrogen-bond donors (Lipinski definition) is 2. The molecule has 0 aliphatic rings. The summed E-state index contributed by atoms with van der Waals surface area (Å²) in [5.41, 5.74) is 0.878. The molecule has 2 aromatic heterocycles. The van der Waals surface area contributed by atoms with Crippen LogP contribution in [0.25, 0.3) is 27.8 Å². The van der Waals surface area contributed by atoms with Gasteiger partial charge in [-0.2, -0.15) is 4.68 Å². The Hall–Kier alpha value is -3.74. The Morgan fingerprint density at radius 1 is 0.885 bits per heavy atom. The molecule has 0 saturated carbocycles. The molecule has 2 heterocycles. The van der Waals surface area contributed by atoms with Gasteiger partial charge in [0.2, 0.25) is 5.95 Å². The standard InChI is InChI=1S/C19H14N4O3/c1-11-9-16(24)21-19(20-11)23-18(26)15-10-13(12-5-3-2-4-6-12)7-8-14(15)17(25)22-23/h2-10H,1H3,(H,22,25)(H,20,21,24). The average Bonchev–Trinajstić information content (AvgIpc) is 2.64. The maximum atomic E-state index is 12.9. The summed E-state index contributed by atoms with van der Waals surface area (Å²) in [6.45, 7) is 1.64. The summed E-state index contributed by atoms with van der Waals surface area (Å²) in [4.78, 5) is 43.6. The van der Waals surface area contributed by atoms with E-state index in [0.29, 0.717) is 5.69 Å². The maximum Gasteiger partial charge on any atom is 0.280 e. The highest BCUT2D eigenvalue weighted by molar-refractivity contribution is 5.86. The van der Waals surface area contributed by atoms with Crippen LogP contribution in [-0.4, -0.2) is 19.7 Å². The molecule has 0 saturated heterocycles. The van der Waals surface area contributed by atoms with Gasteiger partial charge in [0.1, 0.15) is 0 Å². The zero-order valence-electron chi connectivity index (χ0n) is 13.8. The van der Waals surface area contributed by atoms with Gasteiger partial charge in [-0.05, 0) is 30.2 Å². The summed E-state index contributed by atoms with van der Waals surface area (Å²) < 4.78 is 0.966. The number of nitrogens with one attached hydrogen (secondary N) is 2. The number of aromatic amines is 2. The zero-order valence-corrected chi connectivity index (χ0v) is 13.8. The average molecular weight is 346 g/mol. The number of benzene rings is 2. The SMILES string of the molecule is Cc1cc(=O)[nH]c(-n2[nH]c(=O)c3ccc(-c4ccccc4)cc3c2=O)n1. The number of fused-ring (bicyclic) bond motifs is 1. The van der Waals surface area contributed by atoms with Gasteiger partial charge in [0.05, 0.1) is 10.8 Å². The van der Waals surface area contributed by atoms with E-state index < -0.39 is 16.7 Å². The van der Waals surface area contributed by atoms with Crippen LogP contribution in [0.1, 0.15) is 5.69 Å². The third kappa shape index (κ3) is 2.65. The second-order valence-corrected chi connectivity index (χ2v) is 5.92. The lowest BCUT2D eigenvalue weighted by molar-refractivity contribution is 0.739. The molecule has 0 amide bonds. The van der Waals surface area contributed by atoms with E-state index in [1.807, 2.05) is 30.3 Å². The van der Waals surface area contributed by atoms with Crippen LogP contribution in [0.15, 0.2) is 69.0 Å². The Morgan fingerprint density at radius 2 is 1.65 bits per heavy atom. The van der Waals surface area contributed by atoms with Crippen LogP contribution in [0.3, 0.4) is 0 Å². The van der Waals surface area contributed by atoms with Crippen LogP contribution in [0.2, 0.25) is 0 Å². The van der Waals surface area contributed by atoms with Gasteiger partial charge in [-0.25, -0.2) is 4.98 Å². The van der Waals surface area contributed by atoms with E-state index in [9.17, 15) is 14.4 Å². The lowest BCUT2D eigenvalue weighted by Crippen LogP contribution is -2.31. The van der Waals surface area contributed by atoms with Crippen molar-refractivity contribution in [2.45, 2.75) is 6.92 Å². The molecule has 7 nitrogen and oxygen atoms in total. The van der Waals surface area contributed by atoms with Gasteiger partial charge >= 0.3 is 0 Å². The van der Waals surface area contributed by atoms with Crippen molar-refractivity contribution in [3.05, 3.63) is 91.4 Å². The number of nitrogens with zero attached hydrogens (tertiary/aromatic N) is 2. The van der Waals surface area contributed by atoms with Crippen molar-refractivity contribution >= 4 is 10.8 Å². The monoisotopic (exact) mass is 346 g/mol. The molecule has 0 unspecified atom stereocenters. The van der Waals surface area contributed by atoms with Crippen LogP contribution >= 0.6 is 0 Å². The van der Waals surface area contributed by atoms with Crippen LogP contribution in [0.5, 0.6) is 0 Å². The second kappa shape index (κ2) is 5.96. The summed E-state index contributed by atoms with van der Waals surface area (Å²) in [5, 5.41) is 2.99. The summed E-state index contributed by atoms with van der Waals surface area (Å²) in [7, 11) is 0. The summed E-state index contributed by atoms with van der Waals surface area (Å²) in [6, 6.07) is 15.9. The topological polar surface area (TPSA) is 101 Å². The number of rotatable bonds is 2. The molecule has 128 valence electrons. The van der Waals surface area contributed by atoms with Crippen molar-refractivity contribution in [3.8, 4) is 17.1 Å². The van der Waals surface area contributed by atoms with E-state index in [-0.39, 0.29) is 16.7 Å². The lowest BCUT2D eigenvalue weighted by atomic mass is 10.0. The fraction of sp³-hybridized carbons (Fsp3) is 0.0526. The Labute approximate surface area is 146 Å². The largest absolute Gasteiger partial charge is 0.291 e. The van der Waals surface area contributed by atoms with Crippen molar-refractivity contribution in [2.75, 3.05) is 0 Å². The van der Waals surface area contributed by atoms with Gasteiger partial charge in [0.15, 0.2) is 0 Å². The molecule has 0 radical (unpaired) electrons. The van der Waals surface area contributed by atoms with Gasteiger partial charge in [-0.15, -0.1) is 0 Å². The first-order valence-electron chi connectivity index (χ1n) is 7.96. The van der Waals surface area contributed by atoms with E-state index in [2.05, 4.69) is 15.1 Å². The molecule has 0 atom stereocenters. The maximum absolute atomic E-state index is 12.9. The van der Waals surface area contributed by atoms with Gasteiger partial charge in [-0.1, -0.05) is 36.4 Å². The van der Waals surface area contributed by atoms with E-state index in [1.54, 1.807) is 25.1 Å². The van der Waals surface area contributed by atoms with Crippen LogP contribution in [0.4, 0.5) is 0 Å². The predicted octanol–water partition coefficient (Wildman–Crippen LogP) is 1.74. The van der Waals surface area contributed by atoms with Gasteiger partial charge in [0.25, 0.3) is 16.7 Å². The highest BCUT2D eigenvalue weighted by Crippen LogP contribution is 2.21. The summed E-state index contributed by atoms with van der Waals surface area (Å²) >= 11 is 0. The number of hydrogen-bond acceptors (Lipinski definition) is 4. The predicted molar refractivity (Wildman–Crippen MR) is 98.8 cm³/mol. The lowest BCUT2D eigenvalue weighted by Gasteiger charge is -2.08. The first-order valence-corrected chi connectivity index (χ1v) is 7.96. The van der Waals surface area contributed by atoms with Crippen molar-refractivity contribution in [1.29, 1.82) is 0 Å². The smallest absolute Gasteiger partial charge is 0.280 e. The molecule has 0 bridgehead atoms. The van der Waals surface area contributed by atoms with E-state index >= 15 is 0 Å². The molecular formula is C19H14N4O3. The fourth-order valence-electron chi connectivity index (χ4n) is 2.88. The first kappa shape index (κ1) is 15.8. The van der Waals surface area contributed by atoms with Gasteiger partial charge < -0.3 is 0 Å². The van der Waals surface area contributed by atoms with E-state index in [4.69, 9.17) is 0 Å². The molecular weight excluding hydrogens is 332 g/mol. The highest BCUT2D eigenvalue weighted by Gasteiger charge is 2.12. The van der Waals surface area contributed by atoms with E-state index in [0.717, 1.165) is 15.8 Å². The Bertz CT molecular complexity index is 1300. The summed E-state index contributed by atoms with van der Waals surface area (Å²) in [6.07, 6.45) is 0. The van der Waals surface area contributed by atoms with Gasteiger partial charge in [-0.3, -0.25) is 24.5 Å². The molecule has 0 fully saturated rings. The minimum absolute atomic E-state index is 0.0240.